The van der Waals surface area contributed by atoms with Gasteiger partial charge in [-0.1, -0.05) is 0 Å². The number of sulfonamides is 1. The molecule has 0 radical (unpaired) electrons. The summed E-state index contributed by atoms with van der Waals surface area (Å²) in [5.41, 5.74) is -0.311. The fourth-order valence-electron chi connectivity index (χ4n) is 2.05. The first-order valence-corrected chi connectivity index (χ1v) is 9.30. The monoisotopic (exact) mass is 399 g/mol. The highest BCUT2D eigenvalue weighted by Gasteiger charge is 2.41. The van der Waals surface area contributed by atoms with Gasteiger partial charge in [-0.25, -0.2) is 8.42 Å². The highest BCUT2D eigenvalue weighted by molar-refractivity contribution is 8.00. The molecule has 1 aromatic carbocycles. The topological polar surface area (TPSA) is 110 Å². The van der Waals surface area contributed by atoms with Gasteiger partial charge in [0.1, 0.15) is 12.6 Å². The molecule has 1 heterocycles. The summed E-state index contributed by atoms with van der Waals surface area (Å²) in [7, 11) is -4.18. The Hall–Kier alpha value is -1.86. The predicted octanol–water partition coefficient (Wildman–Crippen LogP) is 1.34. The lowest BCUT2D eigenvalue weighted by Crippen LogP contribution is -2.49. The van der Waals surface area contributed by atoms with E-state index in [0.717, 1.165) is 40.3 Å². The molecule has 0 unspecified atom stereocenters. The molecule has 0 bridgehead atoms. The van der Waals surface area contributed by atoms with Crippen LogP contribution in [-0.2, 0) is 14.8 Å². The quantitative estimate of drug-likeness (QED) is 0.591. The second kappa shape index (κ2) is 7.17. The van der Waals surface area contributed by atoms with Gasteiger partial charge in [-0.05, 0) is 12.1 Å². The van der Waals surface area contributed by atoms with Crippen molar-refractivity contribution in [2.24, 2.45) is 0 Å². The largest absolute Gasteiger partial charge is 0.405 e. The van der Waals surface area contributed by atoms with Gasteiger partial charge in [0.05, 0.1) is 15.7 Å². The first-order valence-electron chi connectivity index (χ1n) is 6.71. The number of nitro groups is 1. The lowest BCUT2D eigenvalue weighted by Gasteiger charge is -2.22. The lowest BCUT2D eigenvalue weighted by molar-refractivity contribution is -0.384. The molecule has 13 heteroatoms. The van der Waals surface area contributed by atoms with Gasteiger partial charge in [-0.15, -0.1) is 11.8 Å². The van der Waals surface area contributed by atoms with Crippen molar-refractivity contribution >= 4 is 33.4 Å². The third kappa shape index (κ3) is 4.61. The normalized spacial score (nSPS) is 18.9. The number of non-ortho nitro benzene ring substituents is 1. The molecule has 0 aliphatic carbocycles. The fourth-order valence-corrected chi connectivity index (χ4v) is 5.20. The molecule has 0 saturated carbocycles. The maximum absolute atomic E-state index is 12.6. The van der Waals surface area contributed by atoms with Gasteiger partial charge in [-0.2, -0.15) is 17.5 Å². The number of nitrogens with one attached hydrogen (secondary N) is 1. The SMILES string of the molecule is O=C(NCC(F)(F)F)[C@@H]1CSCN1S(=O)(=O)c1ccc([N+](=O)[O-])cc1. The molecule has 8 nitrogen and oxygen atoms in total. The van der Waals surface area contributed by atoms with Crippen molar-refractivity contribution in [1.29, 1.82) is 0 Å². The van der Waals surface area contributed by atoms with Gasteiger partial charge in [0.2, 0.25) is 15.9 Å². The van der Waals surface area contributed by atoms with Crippen LogP contribution in [0.5, 0.6) is 0 Å². The summed E-state index contributed by atoms with van der Waals surface area (Å²) in [6.07, 6.45) is -4.61. The van der Waals surface area contributed by atoms with Crippen LogP contribution >= 0.6 is 11.8 Å². The van der Waals surface area contributed by atoms with Crippen molar-refractivity contribution in [1.82, 2.24) is 9.62 Å². The van der Waals surface area contributed by atoms with E-state index >= 15 is 0 Å². The van der Waals surface area contributed by atoms with E-state index in [1.54, 1.807) is 5.32 Å². The number of hydrogen-bond donors (Lipinski definition) is 1. The average Bonchev–Trinajstić information content (AvgIpc) is 3.02. The molecule has 0 spiro atoms. The van der Waals surface area contributed by atoms with Gasteiger partial charge >= 0.3 is 6.18 Å². The van der Waals surface area contributed by atoms with Crippen molar-refractivity contribution in [3.05, 3.63) is 34.4 Å². The zero-order chi connectivity index (χ0) is 18.8. The van der Waals surface area contributed by atoms with Crippen LogP contribution in [0.3, 0.4) is 0 Å². The number of thioether (sulfide) groups is 1. The van der Waals surface area contributed by atoms with Crippen LogP contribution in [0.25, 0.3) is 0 Å². The molecular weight excluding hydrogens is 387 g/mol. The van der Waals surface area contributed by atoms with E-state index in [1.165, 1.54) is 0 Å². The zero-order valence-electron chi connectivity index (χ0n) is 12.4. The van der Waals surface area contributed by atoms with Crippen LogP contribution in [0.4, 0.5) is 18.9 Å². The Morgan fingerprint density at radius 1 is 1.36 bits per heavy atom. The summed E-state index contributed by atoms with van der Waals surface area (Å²) in [4.78, 5) is 21.5. The summed E-state index contributed by atoms with van der Waals surface area (Å²) in [6.45, 7) is -1.56. The smallest absolute Gasteiger partial charge is 0.346 e. The third-order valence-electron chi connectivity index (χ3n) is 3.26. The van der Waals surface area contributed by atoms with E-state index in [-0.39, 0.29) is 22.2 Å². The molecule has 2 rings (SSSR count). The van der Waals surface area contributed by atoms with Crippen LogP contribution in [0.15, 0.2) is 29.2 Å². The molecule has 1 aliphatic heterocycles. The Morgan fingerprint density at radius 3 is 2.48 bits per heavy atom. The highest BCUT2D eigenvalue weighted by atomic mass is 32.2. The molecule has 1 atom stereocenters. The minimum Gasteiger partial charge on any atom is -0.346 e. The number of nitrogens with zero attached hydrogens (tertiary/aromatic N) is 2. The van der Waals surface area contributed by atoms with E-state index in [4.69, 9.17) is 0 Å². The Kier molecular flexibility index (Phi) is 5.58. The van der Waals surface area contributed by atoms with E-state index in [0.29, 0.717) is 0 Å². The van der Waals surface area contributed by atoms with Crippen LogP contribution in [0, 0.1) is 10.1 Å². The standard InChI is InChI=1S/C12H12F3N3O5S2/c13-12(14,15)6-16-11(19)10-5-24-7-17(10)25(22,23)9-3-1-8(2-4-9)18(20)21/h1-4,10H,5-7H2,(H,16,19)/t10-/m0/s1. The van der Waals surface area contributed by atoms with Crippen molar-refractivity contribution in [2.45, 2.75) is 17.1 Å². The third-order valence-corrected chi connectivity index (χ3v) is 6.31. The zero-order valence-corrected chi connectivity index (χ0v) is 14.0. The first kappa shape index (κ1) is 19.5. The number of benzene rings is 1. The van der Waals surface area contributed by atoms with E-state index in [1.807, 2.05) is 0 Å². The van der Waals surface area contributed by atoms with E-state index in [2.05, 4.69) is 0 Å². The van der Waals surface area contributed by atoms with E-state index in [9.17, 15) is 36.5 Å². The summed E-state index contributed by atoms with van der Waals surface area (Å²) >= 11 is 1.08. The Bertz CT molecular complexity index is 767. The Labute approximate surface area is 144 Å². The molecule has 1 aromatic rings. The summed E-state index contributed by atoms with van der Waals surface area (Å²) in [5, 5.41) is 12.3. The molecule has 25 heavy (non-hydrogen) atoms. The highest BCUT2D eigenvalue weighted by Crippen LogP contribution is 2.29. The first-order chi connectivity index (χ1) is 11.5. The number of carbonyl (C=O) groups is 1. The van der Waals surface area contributed by atoms with Gasteiger partial charge in [0, 0.05) is 17.9 Å². The number of rotatable bonds is 5. The molecule has 0 aromatic heterocycles. The lowest BCUT2D eigenvalue weighted by atomic mass is 10.3. The molecular formula is C12H12F3N3O5S2. The van der Waals surface area contributed by atoms with Crippen molar-refractivity contribution < 1.29 is 31.3 Å². The Morgan fingerprint density at radius 2 is 1.96 bits per heavy atom. The van der Waals surface area contributed by atoms with Gasteiger partial charge in [0.25, 0.3) is 5.69 Å². The van der Waals surface area contributed by atoms with Crippen LogP contribution in [0.1, 0.15) is 0 Å². The minimum absolute atomic E-state index is 0.00982. The maximum atomic E-state index is 12.6. The number of amides is 1. The average molecular weight is 399 g/mol. The summed E-state index contributed by atoms with van der Waals surface area (Å²) in [6, 6.07) is 2.74. The molecule has 1 N–H and O–H groups in total. The number of halogens is 3. The number of nitro benzene ring substituents is 1. The van der Waals surface area contributed by atoms with Crippen molar-refractivity contribution in [3.63, 3.8) is 0 Å². The molecule has 1 amide bonds. The number of hydrogen-bond acceptors (Lipinski definition) is 6. The number of carbonyl (C=O) groups excluding carboxylic acids is 1. The van der Waals surface area contributed by atoms with Gasteiger partial charge in [-0.3, -0.25) is 14.9 Å². The predicted molar refractivity (Wildman–Crippen MR) is 82.3 cm³/mol. The van der Waals surface area contributed by atoms with Crippen molar-refractivity contribution in [2.75, 3.05) is 18.2 Å². The van der Waals surface area contributed by atoms with Crippen molar-refractivity contribution in [3.8, 4) is 0 Å². The summed E-state index contributed by atoms with van der Waals surface area (Å²) < 4.78 is 62.5. The van der Waals surface area contributed by atoms with Gasteiger partial charge < -0.3 is 5.32 Å². The molecule has 1 saturated heterocycles. The fraction of sp³-hybridized carbons (Fsp3) is 0.417. The molecule has 1 fully saturated rings. The maximum Gasteiger partial charge on any atom is 0.405 e. The second-order valence-electron chi connectivity index (χ2n) is 4.99. The number of alkyl halides is 3. The van der Waals surface area contributed by atoms with Crippen LogP contribution < -0.4 is 5.32 Å². The summed E-state index contributed by atoms with van der Waals surface area (Å²) in [5.74, 6) is -1.15. The van der Waals surface area contributed by atoms with Crippen LogP contribution in [-0.4, -0.2) is 53.9 Å². The molecule has 1 aliphatic rings. The van der Waals surface area contributed by atoms with Gasteiger partial charge in [0.15, 0.2) is 0 Å². The van der Waals surface area contributed by atoms with Crippen LogP contribution in [0.2, 0.25) is 0 Å². The molecule has 138 valence electrons. The second-order valence-corrected chi connectivity index (χ2v) is 7.88. The Balaban J connectivity index is 2.19. The van der Waals surface area contributed by atoms with E-state index < -0.39 is 39.6 Å². The minimum atomic E-state index is -4.61.